The van der Waals surface area contributed by atoms with Gasteiger partial charge in [-0.2, -0.15) is 0 Å². The molecule has 2 aliphatic heterocycles. The van der Waals surface area contributed by atoms with E-state index < -0.39 is 0 Å². The van der Waals surface area contributed by atoms with Gasteiger partial charge in [-0.05, 0) is 11.5 Å². The molecule has 0 saturated carbocycles. The molecule has 0 aliphatic carbocycles. The number of hydrogen-bond acceptors (Lipinski definition) is 5. The first kappa shape index (κ1) is 18.6. The van der Waals surface area contributed by atoms with E-state index in [4.69, 9.17) is 4.74 Å². The highest BCUT2D eigenvalue weighted by atomic mass is 16.5. The molecule has 1 aromatic heterocycles. The molecule has 4 rings (SSSR count). The van der Waals surface area contributed by atoms with Crippen LogP contribution in [0.25, 0.3) is 0 Å². The van der Waals surface area contributed by atoms with Gasteiger partial charge >= 0.3 is 0 Å². The number of piperazine rings is 1. The molecule has 148 valence electrons. The highest BCUT2D eigenvalue weighted by molar-refractivity contribution is 5.96. The SMILES string of the molecule is CC(C)c1c(C(=O)N2CC(=O)N3CCOCC3C2)nnn1Cc1ccccc1. The number of carbonyl (C=O) groups is 2. The number of rotatable bonds is 4. The van der Waals surface area contributed by atoms with Crippen molar-refractivity contribution in [2.45, 2.75) is 32.4 Å². The predicted octanol–water partition coefficient (Wildman–Crippen LogP) is 1.13. The number of morpholine rings is 1. The number of amides is 2. The van der Waals surface area contributed by atoms with Gasteiger partial charge in [-0.1, -0.05) is 49.4 Å². The van der Waals surface area contributed by atoms with Gasteiger partial charge < -0.3 is 14.5 Å². The molecule has 1 atom stereocenters. The maximum Gasteiger partial charge on any atom is 0.276 e. The Kier molecular flexibility index (Phi) is 5.13. The number of benzene rings is 1. The Morgan fingerprint density at radius 2 is 2.07 bits per heavy atom. The number of ether oxygens (including phenoxy) is 1. The number of hydrogen-bond donors (Lipinski definition) is 0. The highest BCUT2D eigenvalue weighted by Crippen LogP contribution is 2.22. The summed E-state index contributed by atoms with van der Waals surface area (Å²) in [5.74, 6) is -0.190. The van der Waals surface area contributed by atoms with Crippen LogP contribution in [0.1, 0.15) is 41.5 Å². The fourth-order valence-electron chi connectivity index (χ4n) is 3.93. The zero-order valence-electron chi connectivity index (χ0n) is 16.2. The quantitative estimate of drug-likeness (QED) is 0.791. The minimum absolute atomic E-state index is 0.0318. The van der Waals surface area contributed by atoms with E-state index in [9.17, 15) is 9.59 Å². The van der Waals surface area contributed by atoms with Gasteiger partial charge in [0, 0.05) is 13.1 Å². The lowest BCUT2D eigenvalue weighted by molar-refractivity contribution is -0.146. The number of carbonyl (C=O) groups excluding carboxylic acids is 2. The molecule has 0 spiro atoms. The van der Waals surface area contributed by atoms with Crippen LogP contribution in [0.5, 0.6) is 0 Å². The Hall–Kier alpha value is -2.74. The molecule has 8 heteroatoms. The first-order valence-electron chi connectivity index (χ1n) is 9.68. The largest absolute Gasteiger partial charge is 0.377 e. The summed E-state index contributed by atoms with van der Waals surface area (Å²) in [6, 6.07) is 9.88. The van der Waals surface area contributed by atoms with Crippen molar-refractivity contribution in [2.24, 2.45) is 0 Å². The van der Waals surface area contributed by atoms with Crippen LogP contribution < -0.4 is 0 Å². The van der Waals surface area contributed by atoms with Crippen LogP contribution in [0.4, 0.5) is 0 Å². The van der Waals surface area contributed by atoms with E-state index in [-0.39, 0.29) is 30.3 Å². The van der Waals surface area contributed by atoms with E-state index in [1.54, 1.807) is 9.58 Å². The van der Waals surface area contributed by atoms with Gasteiger partial charge in [0.15, 0.2) is 5.69 Å². The molecule has 2 amide bonds. The van der Waals surface area contributed by atoms with E-state index in [0.29, 0.717) is 38.5 Å². The second kappa shape index (κ2) is 7.71. The first-order valence-corrected chi connectivity index (χ1v) is 9.68. The fraction of sp³-hybridized carbons (Fsp3) is 0.500. The predicted molar refractivity (Wildman–Crippen MR) is 102 cm³/mol. The molecule has 1 aromatic carbocycles. The summed E-state index contributed by atoms with van der Waals surface area (Å²) in [6.45, 7) is 6.76. The van der Waals surface area contributed by atoms with Crippen molar-refractivity contribution < 1.29 is 14.3 Å². The number of fused-ring (bicyclic) bond motifs is 1. The number of aromatic nitrogens is 3. The third-order valence-corrected chi connectivity index (χ3v) is 5.29. The molecule has 3 heterocycles. The van der Waals surface area contributed by atoms with E-state index in [1.807, 2.05) is 49.1 Å². The van der Waals surface area contributed by atoms with Crippen molar-refractivity contribution in [1.82, 2.24) is 24.8 Å². The standard InChI is InChI=1S/C20H25N5O3/c1-14(2)19-18(21-22-25(19)10-15-6-4-3-5-7-15)20(27)23-11-16-13-28-9-8-24(16)17(26)12-23/h3-7,14,16H,8-13H2,1-2H3. The van der Waals surface area contributed by atoms with Crippen molar-refractivity contribution in [2.75, 3.05) is 32.8 Å². The summed E-state index contributed by atoms with van der Waals surface area (Å²) in [4.78, 5) is 29.1. The van der Waals surface area contributed by atoms with Crippen molar-refractivity contribution in [1.29, 1.82) is 0 Å². The van der Waals surface area contributed by atoms with Crippen LogP contribution in [-0.4, -0.2) is 75.5 Å². The lowest BCUT2D eigenvalue weighted by atomic mass is 10.1. The van der Waals surface area contributed by atoms with Crippen LogP contribution in [0.15, 0.2) is 30.3 Å². The second-order valence-corrected chi connectivity index (χ2v) is 7.62. The Balaban J connectivity index is 1.58. The summed E-state index contributed by atoms with van der Waals surface area (Å²) in [5.41, 5.74) is 2.23. The summed E-state index contributed by atoms with van der Waals surface area (Å²) >= 11 is 0. The van der Waals surface area contributed by atoms with Crippen LogP contribution in [-0.2, 0) is 16.1 Å². The Morgan fingerprint density at radius 3 is 2.82 bits per heavy atom. The average molecular weight is 383 g/mol. The fourth-order valence-corrected chi connectivity index (χ4v) is 3.93. The third kappa shape index (κ3) is 3.52. The molecule has 0 bridgehead atoms. The summed E-state index contributed by atoms with van der Waals surface area (Å²) in [7, 11) is 0. The van der Waals surface area contributed by atoms with E-state index in [2.05, 4.69) is 10.3 Å². The van der Waals surface area contributed by atoms with Gasteiger partial charge in [0.05, 0.1) is 31.5 Å². The topological polar surface area (TPSA) is 80.6 Å². The van der Waals surface area contributed by atoms with Crippen molar-refractivity contribution in [3.63, 3.8) is 0 Å². The average Bonchev–Trinajstić information content (AvgIpc) is 3.12. The third-order valence-electron chi connectivity index (χ3n) is 5.29. The van der Waals surface area contributed by atoms with E-state index >= 15 is 0 Å². The number of nitrogens with zero attached hydrogens (tertiary/aromatic N) is 5. The normalized spacial score (nSPS) is 19.8. The maximum atomic E-state index is 13.2. The van der Waals surface area contributed by atoms with Crippen molar-refractivity contribution in [3.8, 4) is 0 Å². The Bertz CT molecular complexity index is 864. The maximum absolute atomic E-state index is 13.2. The summed E-state index contributed by atoms with van der Waals surface area (Å²) in [5, 5.41) is 8.45. The molecule has 2 saturated heterocycles. The van der Waals surface area contributed by atoms with Gasteiger partial charge in [-0.3, -0.25) is 9.59 Å². The Morgan fingerprint density at radius 1 is 1.29 bits per heavy atom. The molecular weight excluding hydrogens is 358 g/mol. The molecule has 2 aromatic rings. The second-order valence-electron chi connectivity index (χ2n) is 7.62. The summed E-state index contributed by atoms with van der Waals surface area (Å²) in [6.07, 6.45) is 0. The van der Waals surface area contributed by atoms with Gasteiger partial charge in [0.25, 0.3) is 5.91 Å². The van der Waals surface area contributed by atoms with Crippen molar-refractivity contribution >= 4 is 11.8 Å². The van der Waals surface area contributed by atoms with Crippen LogP contribution in [0, 0.1) is 0 Å². The minimum atomic E-state index is -0.235. The van der Waals surface area contributed by atoms with E-state index in [0.717, 1.165) is 11.3 Å². The Labute approximate surface area is 164 Å². The lowest BCUT2D eigenvalue weighted by Crippen LogP contribution is -2.61. The highest BCUT2D eigenvalue weighted by Gasteiger charge is 2.38. The van der Waals surface area contributed by atoms with Gasteiger partial charge in [0.1, 0.15) is 6.54 Å². The van der Waals surface area contributed by atoms with Crippen LogP contribution in [0.2, 0.25) is 0 Å². The van der Waals surface area contributed by atoms with Crippen molar-refractivity contribution in [3.05, 3.63) is 47.3 Å². The molecule has 8 nitrogen and oxygen atoms in total. The molecule has 0 N–H and O–H groups in total. The van der Waals surface area contributed by atoms with E-state index in [1.165, 1.54) is 0 Å². The molecular formula is C20H25N5O3. The molecule has 0 radical (unpaired) electrons. The summed E-state index contributed by atoms with van der Waals surface area (Å²) < 4.78 is 7.28. The lowest BCUT2D eigenvalue weighted by Gasteiger charge is -2.43. The van der Waals surface area contributed by atoms with Crippen LogP contribution >= 0.6 is 0 Å². The monoisotopic (exact) mass is 383 g/mol. The first-order chi connectivity index (χ1) is 13.5. The molecule has 1 unspecified atom stereocenters. The van der Waals surface area contributed by atoms with Crippen LogP contribution in [0.3, 0.4) is 0 Å². The zero-order chi connectivity index (χ0) is 19.7. The molecule has 2 aliphatic rings. The van der Waals surface area contributed by atoms with Gasteiger partial charge in [-0.15, -0.1) is 5.10 Å². The minimum Gasteiger partial charge on any atom is -0.377 e. The van der Waals surface area contributed by atoms with Gasteiger partial charge in [-0.25, -0.2) is 4.68 Å². The molecule has 2 fully saturated rings. The zero-order valence-corrected chi connectivity index (χ0v) is 16.2. The molecule has 28 heavy (non-hydrogen) atoms. The smallest absolute Gasteiger partial charge is 0.276 e. The van der Waals surface area contributed by atoms with Gasteiger partial charge in [0.2, 0.25) is 5.91 Å².